The first-order chi connectivity index (χ1) is 17.5. The number of fused-ring (bicyclic) bond motifs is 4. The van der Waals surface area contributed by atoms with Gasteiger partial charge in [0.05, 0.1) is 29.4 Å². The number of carbonyl (C=O) groups excluding carboxylic acids is 1. The molecule has 0 fully saturated rings. The Balaban J connectivity index is 1.43. The van der Waals surface area contributed by atoms with Crippen molar-refractivity contribution in [1.82, 2.24) is 25.1 Å². The van der Waals surface area contributed by atoms with Crippen molar-refractivity contribution in [2.75, 3.05) is 32.6 Å². The molecule has 1 amide bonds. The van der Waals surface area contributed by atoms with Gasteiger partial charge in [-0.3, -0.25) is 9.89 Å². The number of hydrogen-bond acceptors (Lipinski definition) is 8. The maximum absolute atomic E-state index is 12.6. The monoisotopic (exact) mass is 505 g/mol. The Hall–Kier alpha value is -3.89. The van der Waals surface area contributed by atoms with Crippen molar-refractivity contribution in [2.24, 2.45) is 11.0 Å². The number of anilines is 2. The van der Waals surface area contributed by atoms with Crippen LogP contribution in [0.25, 0.3) is 31.6 Å². The van der Waals surface area contributed by atoms with Crippen molar-refractivity contribution in [1.29, 1.82) is 0 Å². The van der Waals surface area contributed by atoms with Crippen molar-refractivity contribution in [2.45, 2.75) is 32.1 Å². The van der Waals surface area contributed by atoms with Crippen LogP contribution in [0.5, 0.6) is 5.75 Å². The number of carbonyl (C=O) groups is 1. The summed E-state index contributed by atoms with van der Waals surface area (Å²) < 4.78 is 6.11. The van der Waals surface area contributed by atoms with Crippen LogP contribution in [0, 0.1) is 5.92 Å². The first-order valence-electron chi connectivity index (χ1n) is 11.9. The highest BCUT2D eigenvalue weighted by Gasteiger charge is 2.30. The molecule has 0 unspecified atom stereocenters. The lowest BCUT2D eigenvalue weighted by Crippen LogP contribution is -2.32. The van der Waals surface area contributed by atoms with Crippen molar-refractivity contribution in [3.63, 3.8) is 0 Å². The normalized spacial score (nSPS) is 14.9. The number of benzene rings is 1. The lowest BCUT2D eigenvalue weighted by Gasteiger charge is -2.24. The summed E-state index contributed by atoms with van der Waals surface area (Å²) in [4.78, 5) is 28.3. The molecule has 5 rings (SSSR count). The predicted octanol–water partition coefficient (Wildman–Crippen LogP) is 4.97. The molecule has 1 aliphatic carbocycles. The van der Waals surface area contributed by atoms with Gasteiger partial charge in [-0.2, -0.15) is 5.10 Å². The van der Waals surface area contributed by atoms with E-state index in [1.54, 1.807) is 28.8 Å². The molecule has 3 heterocycles. The van der Waals surface area contributed by atoms with E-state index in [0.717, 1.165) is 64.7 Å². The van der Waals surface area contributed by atoms with E-state index in [1.165, 1.54) is 10.4 Å². The van der Waals surface area contributed by atoms with Crippen molar-refractivity contribution >= 4 is 49.9 Å². The molecule has 12 heteroatoms. The highest BCUT2D eigenvalue weighted by molar-refractivity contribution is 7.19. The van der Waals surface area contributed by atoms with E-state index in [-0.39, 0.29) is 11.8 Å². The third-order valence-electron chi connectivity index (χ3n) is 6.40. The molecular formula is C24H27N9O2S. The largest absolute Gasteiger partial charge is 0.491 e. The Bertz CT molecular complexity index is 1450. The topological polar surface area (TPSA) is 145 Å². The summed E-state index contributed by atoms with van der Waals surface area (Å²) in [5, 5.41) is 16.2. The Morgan fingerprint density at radius 1 is 1.36 bits per heavy atom. The first-order valence-corrected chi connectivity index (χ1v) is 12.7. The quantitative estimate of drug-likeness (QED) is 0.142. The second-order valence-electron chi connectivity index (χ2n) is 9.02. The van der Waals surface area contributed by atoms with Gasteiger partial charge >= 0.3 is 0 Å². The smallest absolute Gasteiger partial charge is 0.225 e. The summed E-state index contributed by atoms with van der Waals surface area (Å²) in [6, 6.07) is 3.92. The van der Waals surface area contributed by atoms with E-state index in [9.17, 15) is 4.79 Å². The summed E-state index contributed by atoms with van der Waals surface area (Å²) >= 11 is 1.65. The van der Waals surface area contributed by atoms with E-state index >= 15 is 0 Å². The Morgan fingerprint density at radius 3 is 3.08 bits per heavy atom. The number of H-pyrrole nitrogens is 1. The van der Waals surface area contributed by atoms with E-state index in [4.69, 9.17) is 10.3 Å². The van der Waals surface area contributed by atoms with Gasteiger partial charge in [0.25, 0.3) is 0 Å². The van der Waals surface area contributed by atoms with Crippen LogP contribution >= 0.6 is 11.3 Å². The van der Waals surface area contributed by atoms with Gasteiger partial charge in [-0.15, -0.1) is 11.3 Å². The average Bonchev–Trinajstić information content (AvgIpc) is 3.49. The molecule has 11 nitrogen and oxygen atoms in total. The number of thiophene rings is 1. The minimum atomic E-state index is 0.00674. The van der Waals surface area contributed by atoms with Crippen LogP contribution in [-0.2, 0) is 17.6 Å². The molecule has 0 radical (unpaired) electrons. The van der Waals surface area contributed by atoms with Gasteiger partial charge in [-0.25, -0.2) is 9.97 Å². The number of aromatic amines is 1. The van der Waals surface area contributed by atoms with Crippen LogP contribution in [0.1, 0.15) is 29.7 Å². The minimum Gasteiger partial charge on any atom is -0.491 e. The molecule has 1 atom stereocenters. The second-order valence-corrected chi connectivity index (χ2v) is 10.1. The molecule has 4 aromatic rings. The molecule has 0 saturated heterocycles. The van der Waals surface area contributed by atoms with Gasteiger partial charge in [0.1, 0.15) is 22.7 Å². The number of rotatable bonds is 9. The molecule has 0 bridgehead atoms. The second kappa shape index (κ2) is 10.4. The average molecular weight is 506 g/mol. The summed E-state index contributed by atoms with van der Waals surface area (Å²) in [6.07, 6.45) is 7.23. The van der Waals surface area contributed by atoms with Crippen LogP contribution in [-0.4, -0.2) is 58.2 Å². The molecule has 0 spiro atoms. The highest BCUT2D eigenvalue weighted by Crippen LogP contribution is 2.42. The fourth-order valence-corrected chi connectivity index (χ4v) is 5.88. The number of nitrogens with one attached hydrogen (secondary N) is 2. The van der Waals surface area contributed by atoms with Crippen molar-refractivity contribution in [3.05, 3.63) is 45.5 Å². The third kappa shape index (κ3) is 4.77. The maximum atomic E-state index is 12.6. The number of unbranched alkanes of at least 4 members (excludes halogenated alkanes) is 1. The van der Waals surface area contributed by atoms with Gasteiger partial charge in [-0.1, -0.05) is 5.11 Å². The number of aromatic nitrogens is 4. The molecule has 1 aromatic carbocycles. The number of azide groups is 1. The van der Waals surface area contributed by atoms with E-state index in [2.05, 4.69) is 35.5 Å². The molecule has 36 heavy (non-hydrogen) atoms. The number of aryl methyl sites for hydroxylation is 1. The van der Waals surface area contributed by atoms with Gasteiger partial charge in [0, 0.05) is 47.8 Å². The van der Waals surface area contributed by atoms with Crippen LogP contribution in [0.3, 0.4) is 0 Å². The minimum absolute atomic E-state index is 0.00674. The SMILES string of the molecule is CN(C)C(=O)[C@H]1CCc2c(sc3ncnc(Nc4cc5cn[nH]c5cc4OCCCCN=[N+]=[N-])c23)C1. The number of ether oxygens (including phenoxy) is 1. The van der Waals surface area contributed by atoms with Gasteiger partial charge in [0.2, 0.25) is 5.91 Å². The van der Waals surface area contributed by atoms with Crippen LogP contribution in [0.2, 0.25) is 0 Å². The Morgan fingerprint density at radius 2 is 2.25 bits per heavy atom. The van der Waals surface area contributed by atoms with Crippen molar-refractivity contribution in [3.8, 4) is 5.75 Å². The van der Waals surface area contributed by atoms with Crippen LogP contribution in [0.15, 0.2) is 29.8 Å². The first kappa shape index (κ1) is 23.8. The fraction of sp³-hybridized carbons (Fsp3) is 0.417. The molecule has 2 N–H and O–H groups in total. The van der Waals surface area contributed by atoms with E-state index in [1.807, 2.05) is 26.2 Å². The van der Waals surface area contributed by atoms with Gasteiger partial charge < -0.3 is 15.0 Å². The zero-order valence-corrected chi connectivity index (χ0v) is 21.0. The Kier molecular flexibility index (Phi) is 6.88. The third-order valence-corrected chi connectivity index (χ3v) is 7.56. The molecule has 3 aromatic heterocycles. The zero-order valence-electron chi connectivity index (χ0n) is 20.2. The molecular weight excluding hydrogens is 478 g/mol. The number of amides is 1. The van der Waals surface area contributed by atoms with Crippen LogP contribution in [0.4, 0.5) is 11.5 Å². The standard InChI is InChI=1S/C24H27N9O2S/c1-33(2)24(34)14-5-6-16-20(10-14)36-23-21(16)22(26-13-27-23)30-18-9-15-12-29-31-17(15)11-19(18)35-8-4-3-7-28-32-25/h9,11-14H,3-8,10H2,1-2H3,(H,29,31)(H,26,27,30)/t14-/m0/s1. The maximum Gasteiger partial charge on any atom is 0.225 e. The molecule has 1 aliphatic rings. The Labute approximate surface area is 211 Å². The lowest BCUT2D eigenvalue weighted by atomic mass is 9.87. The summed E-state index contributed by atoms with van der Waals surface area (Å²) in [7, 11) is 3.63. The van der Waals surface area contributed by atoms with E-state index < -0.39 is 0 Å². The highest BCUT2D eigenvalue weighted by atomic mass is 32.1. The van der Waals surface area contributed by atoms with Gasteiger partial charge in [-0.05, 0) is 49.3 Å². The number of hydrogen-bond donors (Lipinski definition) is 2. The summed E-state index contributed by atoms with van der Waals surface area (Å²) in [5.74, 6) is 1.60. The molecule has 0 aliphatic heterocycles. The summed E-state index contributed by atoms with van der Waals surface area (Å²) in [5.41, 5.74) is 11.3. The zero-order chi connectivity index (χ0) is 25.1. The van der Waals surface area contributed by atoms with Gasteiger partial charge in [0.15, 0.2) is 0 Å². The molecule has 0 saturated carbocycles. The summed E-state index contributed by atoms with van der Waals surface area (Å²) in [6.45, 7) is 0.942. The number of nitrogens with zero attached hydrogens (tertiary/aromatic N) is 7. The van der Waals surface area contributed by atoms with Crippen LogP contribution < -0.4 is 10.1 Å². The van der Waals surface area contributed by atoms with E-state index in [0.29, 0.717) is 18.9 Å². The predicted molar refractivity (Wildman–Crippen MR) is 140 cm³/mol. The van der Waals surface area contributed by atoms with Crippen molar-refractivity contribution < 1.29 is 9.53 Å². The fourth-order valence-electron chi connectivity index (χ4n) is 4.61. The lowest BCUT2D eigenvalue weighted by molar-refractivity contribution is -0.133. The molecule has 186 valence electrons.